The summed E-state index contributed by atoms with van der Waals surface area (Å²) in [6.45, 7) is 4.97. The molecule has 1 aliphatic carbocycles. The van der Waals surface area contributed by atoms with Crippen LogP contribution in [0.2, 0.25) is 0 Å². The van der Waals surface area contributed by atoms with E-state index in [0.717, 1.165) is 30.3 Å². The van der Waals surface area contributed by atoms with Crippen molar-refractivity contribution >= 4 is 5.69 Å². The first-order valence-corrected chi connectivity index (χ1v) is 11.4. The lowest BCUT2D eigenvalue weighted by molar-refractivity contribution is 0.0306. The number of benzene rings is 1. The van der Waals surface area contributed by atoms with Crippen molar-refractivity contribution in [1.29, 1.82) is 0 Å². The lowest BCUT2D eigenvalue weighted by Gasteiger charge is -2.50. The van der Waals surface area contributed by atoms with Crippen LogP contribution in [0, 0.1) is 5.41 Å². The second-order valence-corrected chi connectivity index (χ2v) is 9.49. The Labute approximate surface area is 174 Å². The number of hydrogen-bond donors (Lipinski definition) is 0. The molecule has 0 bridgehead atoms. The van der Waals surface area contributed by atoms with Crippen LogP contribution in [0.25, 0.3) is 11.1 Å². The van der Waals surface area contributed by atoms with Gasteiger partial charge in [-0.15, -0.1) is 0 Å². The zero-order valence-corrected chi connectivity index (χ0v) is 17.6. The van der Waals surface area contributed by atoms with Crippen molar-refractivity contribution in [3.05, 3.63) is 52.9 Å². The molecule has 1 aromatic carbocycles. The van der Waals surface area contributed by atoms with E-state index >= 15 is 0 Å². The number of nitrogens with zero attached hydrogens (tertiary/aromatic N) is 3. The molecule has 0 radical (unpaired) electrons. The van der Waals surface area contributed by atoms with Crippen LogP contribution in [0.4, 0.5) is 5.69 Å². The summed E-state index contributed by atoms with van der Waals surface area (Å²) in [5, 5.41) is 0. The summed E-state index contributed by atoms with van der Waals surface area (Å²) >= 11 is 0. The lowest BCUT2D eigenvalue weighted by Crippen LogP contribution is -2.50. The zero-order chi connectivity index (χ0) is 19.8. The topological polar surface area (TPSA) is 28.5 Å². The molecule has 1 aromatic heterocycles. The Morgan fingerprint density at radius 1 is 0.897 bits per heavy atom. The Morgan fingerprint density at radius 2 is 1.55 bits per heavy atom. The molecule has 154 valence electrons. The van der Waals surface area contributed by atoms with Crippen LogP contribution in [0.1, 0.15) is 44.9 Å². The highest BCUT2D eigenvalue weighted by Gasteiger charge is 2.39. The molecule has 4 heteroatoms. The van der Waals surface area contributed by atoms with E-state index < -0.39 is 0 Å². The second-order valence-electron chi connectivity index (χ2n) is 9.49. The molecule has 2 saturated heterocycles. The monoisotopic (exact) mass is 391 g/mol. The number of piperidine rings is 2. The highest BCUT2D eigenvalue weighted by Crippen LogP contribution is 2.43. The van der Waals surface area contributed by atoms with Crippen molar-refractivity contribution in [2.24, 2.45) is 12.5 Å². The van der Waals surface area contributed by atoms with E-state index in [1.807, 2.05) is 12.1 Å². The fourth-order valence-corrected chi connectivity index (χ4v) is 5.52. The maximum Gasteiger partial charge on any atom is 0.258 e. The Hall–Kier alpha value is -2.07. The van der Waals surface area contributed by atoms with Crippen molar-refractivity contribution in [3.63, 3.8) is 0 Å². The molecule has 5 rings (SSSR count). The summed E-state index contributed by atoms with van der Waals surface area (Å²) in [5.74, 6) is 0. The average Bonchev–Trinajstić information content (AvgIpc) is 2.72. The number of aromatic nitrogens is 1. The van der Waals surface area contributed by atoms with Crippen LogP contribution in [-0.2, 0) is 7.05 Å². The molecule has 0 amide bonds. The van der Waals surface area contributed by atoms with Gasteiger partial charge in [-0.25, -0.2) is 0 Å². The molecular weight excluding hydrogens is 358 g/mol. The summed E-state index contributed by atoms with van der Waals surface area (Å²) in [7, 11) is 1.81. The first kappa shape index (κ1) is 18.9. The van der Waals surface area contributed by atoms with E-state index in [9.17, 15) is 4.79 Å². The SMILES string of the molecule is Cn1cccc(-c2ccc(N3CCC4(CC3)CCN(C3CCC3)CC4)cc2)c1=O. The van der Waals surface area contributed by atoms with Gasteiger partial charge in [0, 0.05) is 43.6 Å². The predicted molar refractivity (Wildman–Crippen MR) is 119 cm³/mol. The molecule has 1 spiro atoms. The van der Waals surface area contributed by atoms with Crippen LogP contribution in [0.3, 0.4) is 0 Å². The van der Waals surface area contributed by atoms with Crippen molar-refractivity contribution in [2.45, 2.75) is 51.0 Å². The highest BCUT2D eigenvalue weighted by molar-refractivity contribution is 5.65. The van der Waals surface area contributed by atoms with E-state index in [1.54, 1.807) is 17.8 Å². The molecule has 4 nitrogen and oxygen atoms in total. The van der Waals surface area contributed by atoms with E-state index in [4.69, 9.17) is 0 Å². The van der Waals surface area contributed by atoms with Gasteiger partial charge in [-0.1, -0.05) is 18.6 Å². The minimum absolute atomic E-state index is 0.0633. The van der Waals surface area contributed by atoms with Gasteiger partial charge in [0.1, 0.15) is 0 Å². The molecule has 0 unspecified atom stereocenters. The van der Waals surface area contributed by atoms with Crippen molar-refractivity contribution in [2.75, 3.05) is 31.1 Å². The summed E-state index contributed by atoms with van der Waals surface area (Å²) in [4.78, 5) is 17.7. The summed E-state index contributed by atoms with van der Waals surface area (Å²) in [5.41, 5.74) is 3.73. The molecule has 2 aliphatic heterocycles. The lowest BCUT2D eigenvalue weighted by atomic mass is 9.70. The van der Waals surface area contributed by atoms with Crippen molar-refractivity contribution < 1.29 is 0 Å². The third-order valence-corrected chi connectivity index (χ3v) is 7.94. The van der Waals surface area contributed by atoms with Gasteiger partial charge in [0.15, 0.2) is 0 Å². The van der Waals surface area contributed by atoms with Crippen molar-refractivity contribution in [1.82, 2.24) is 9.47 Å². The smallest absolute Gasteiger partial charge is 0.258 e. The van der Waals surface area contributed by atoms with Crippen molar-refractivity contribution in [3.8, 4) is 11.1 Å². The molecule has 1 saturated carbocycles. The Bertz CT molecular complexity index is 894. The van der Waals surface area contributed by atoms with Crippen LogP contribution in [0.5, 0.6) is 0 Å². The van der Waals surface area contributed by atoms with Crippen LogP contribution in [0.15, 0.2) is 47.4 Å². The van der Waals surface area contributed by atoms with E-state index in [1.165, 1.54) is 63.7 Å². The van der Waals surface area contributed by atoms with Gasteiger partial charge in [0.2, 0.25) is 0 Å². The van der Waals surface area contributed by atoms with Gasteiger partial charge in [-0.2, -0.15) is 0 Å². The summed E-state index contributed by atoms with van der Waals surface area (Å²) in [6.07, 6.45) is 11.6. The average molecular weight is 392 g/mol. The van der Waals surface area contributed by atoms with Gasteiger partial charge >= 0.3 is 0 Å². The molecule has 3 aliphatic rings. The molecule has 3 heterocycles. The highest BCUT2D eigenvalue weighted by atomic mass is 16.1. The number of hydrogen-bond acceptors (Lipinski definition) is 3. The normalized spacial score (nSPS) is 22.6. The van der Waals surface area contributed by atoms with E-state index in [0.29, 0.717) is 5.41 Å². The van der Waals surface area contributed by atoms with Crippen LogP contribution >= 0.6 is 0 Å². The second kappa shape index (κ2) is 7.64. The number of aryl methyl sites for hydroxylation is 1. The fourth-order valence-electron chi connectivity index (χ4n) is 5.52. The number of anilines is 1. The van der Waals surface area contributed by atoms with Gasteiger partial charge in [-0.3, -0.25) is 4.79 Å². The Balaban J connectivity index is 1.21. The third-order valence-electron chi connectivity index (χ3n) is 7.94. The van der Waals surface area contributed by atoms with Crippen LogP contribution in [-0.4, -0.2) is 41.7 Å². The number of likely N-dealkylation sites (tertiary alicyclic amines) is 1. The largest absolute Gasteiger partial charge is 0.371 e. The Kier molecular flexibility index (Phi) is 4.99. The molecule has 0 N–H and O–H groups in total. The summed E-state index contributed by atoms with van der Waals surface area (Å²) in [6, 6.07) is 13.4. The Morgan fingerprint density at radius 3 is 2.17 bits per heavy atom. The van der Waals surface area contributed by atoms with Gasteiger partial charge in [-0.05, 0) is 86.9 Å². The fraction of sp³-hybridized carbons (Fsp3) is 0.560. The summed E-state index contributed by atoms with van der Waals surface area (Å²) < 4.78 is 1.64. The molecule has 2 aromatic rings. The quantitative estimate of drug-likeness (QED) is 0.782. The molecule has 29 heavy (non-hydrogen) atoms. The van der Waals surface area contributed by atoms with E-state index in [2.05, 4.69) is 34.1 Å². The predicted octanol–water partition coefficient (Wildman–Crippen LogP) is 4.29. The third kappa shape index (κ3) is 3.63. The maximum atomic E-state index is 12.4. The van der Waals surface area contributed by atoms with Gasteiger partial charge < -0.3 is 14.4 Å². The van der Waals surface area contributed by atoms with Crippen LogP contribution < -0.4 is 10.5 Å². The molecule has 0 atom stereocenters. The van der Waals surface area contributed by atoms with E-state index in [-0.39, 0.29) is 5.56 Å². The number of pyridine rings is 1. The number of rotatable bonds is 3. The molecule has 3 fully saturated rings. The minimum Gasteiger partial charge on any atom is -0.371 e. The molecular formula is C25H33N3O. The first-order valence-electron chi connectivity index (χ1n) is 11.4. The van der Waals surface area contributed by atoms with Gasteiger partial charge in [0.25, 0.3) is 5.56 Å². The van der Waals surface area contributed by atoms with Gasteiger partial charge in [0.05, 0.1) is 0 Å². The maximum absolute atomic E-state index is 12.4. The first-order chi connectivity index (χ1) is 14.1. The standard InChI is InChI=1S/C25H33N3O/c1-26-15-3-6-23(24(26)29)20-7-9-22(10-8-20)28-18-13-25(14-19-28)11-16-27(17-12-25)21-4-2-5-21/h3,6-10,15,21H,2,4-5,11-14,16-19H2,1H3. The minimum atomic E-state index is 0.0633. The zero-order valence-electron chi connectivity index (χ0n) is 17.6.